The van der Waals surface area contributed by atoms with Crippen molar-refractivity contribution >= 4 is 11.6 Å². The van der Waals surface area contributed by atoms with Crippen molar-refractivity contribution in [3.05, 3.63) is 42.2 Å². The number of aromatic nitrogens is 2. The van der Waals surface area contributed by atoms with Crippen LogP contribution < -0.4 is 20.9 Å². The molecule has 0 aliphatic carbocycles. The van der Waals surface area contributed by atoms with Crippen LogP contribution in [0.1, 0.15) is 12.5 Å². The number of rotatable bonds is 6. The molecule has 0 aliphatic heterocycles. The zero-order valence-corrected chi connectivity index (χ0v) is 12.6. The molecule has 3 N–H and O–H groups in total. The van der Waals surface area contributed by atoms with Gasteiger partial charge in [0.25, 0.3) is 0 Å². The van der Waals surface area contributed by atoms with Gasteiger partial charge in [-0.05, 0) is 25.0 Å². The van der Waals surface area contributed by atoms with Crippen LogP contribution in [0.3, 0.4) is 0 Å². The van der Waals surface area contributed by atoms with Crippen LogP contribution >= 0.6 is 0 Å². The molecule has 21 heavy (non-hydrogen) atoms. The highest BCUT2D eigenvalue weighted by molar-refractivity contribution is 5.44. The molecule has 6 heteroatoms. The first-order valence-corrected chi connectivity index (χ1v) is 6.79. The Hall–Kier alpha value is -2.34. The maximum atomic E-state index is 5.40. The van der Waals surface area contributed by atoms with Gasteiger partial charge in [0, 0.05) is 13.1 Å². The number of nitrogen functional groups attached to an aromatic ring is 1. The van der Waals surface area contributed by atoms with Gasteiger partial charge in [-0.2, -0.15) is 0 Å². The zero-order chi connectivity index (χ0) is 15.2. The van der Waals surface area contributed by atoms with Gasteiger partial charge in [0.15, 0.2) is 5.82 Å². The first kappa shape index (κ1) is 15.1. The standard InChI is InChI=1S/C15H21N5O/c1-11(8-12-6-4-5-7-13(12)21-3)20(2)15-10-17-9-14(18-15)19-16/h4-7,9-11H,8,16H2,1-3H3,(H,18,19). The van der Waals surface area contributed by atoms with Crippen LogP contribution in [0.15, 0.2) is 36.7 Å². The largest absolute Gasteiger partial charge is 0.496 e. The van der Waals surface area contributed by atoms with Crippen molar-refractivity contribution in [2.45, 2.75) is 19.4 Å². The van der Waals surface area contributed by atoms with E-state index in [-0.39, 0.29) is 6.04 Å². The zero-order valence-electron chi connectivity index (χ0n) is 12.6. The van der Waals surface area contributed by atoms with Gasteiger partial charge in [-0.15, -0.1) is 0 Å². The van der Waals surface area contributed by atoms with E-state index in [4.69, 9.17) is 10.6 Å². The number of benzene rings is 1. The lowest BCUT2D eigenvalue weighted by Gasteiger charge is -2.26. The van der Waals surface area contributed by atoms with Crippen molar-refractivity contribution in [3.8, 4) is 5.75 Å². The third-order valence-corrected chi connectivity index (χ3v) is 3.50. The molecule has 0 fully saturated rings. The number of hydrogen-bond acceptors (Lipinski definition) is 6. The van der Waals surface area contributed by atoms with E-state index in [1.54, 1.807) is 19.5 Å². The van der Waals surface area contributed by atoms with Crippen LogP contribution in [0.5, 0.6) is 5.75 Å². The molecule has 0 saturated heterocycles. The topological polar surface area (TPSA) is 76.3 Å². The fraction of sp³-hybridized carbons (Fsp3) is 0.333. The molecule has 1 unspecified atom stereocenters. The molecule has 0 saturated carbocycles. The molecule has 2 aromatic rings. The Bertz CT molecular complexity index is 590. The molecular weight excluding hydrogens is 266 g/mol. The normalized spacial score (nSPS) is 11.8. The van der Waals surface area contributed by atoms with E-state index < -0.39 is 0 Å². The molecule has 6 nitrogen and oxygen atoms in total. The number of ether oxygens (including phenoxy) is 1. The summed E-state index contributed by atoms with van der Waals surface area (Å²) in [5, 5.41) is 0. The van der Waals surface area contributed by atoms with Gasteiger partial charge < -0.3 is 15.1 Å². The van der Waals surface area contributed by atoms with Crippen molar-refractivity contribution in [1.29, 1.82) is 0 Å². The average molecular weight is 287 g/mol. The lowest BCUT2D eigenvalue weighted by molar-refractivity contribution is 0.408. The first-order chi connectivity index (χ1) is 10.2. The van der Waals surface area contributed by atoms with E-state index in [0.29, 0.717) is 5.82 Å². The fourth-order valence-corrected chi connectivity index (χ4v) is 2.15. The van der Waals surface area contributed by atoms with Crippen molar-refractivity contribution in [1.82, 2.24) is 9.97 Å². The van der Waals surface area contributed by atoms with E-state index >= 15 is 0 Å². The second kappa shape index (κ2) is 6.90. The van der Waals surface area contributed by atoms with Crippen LogP contribution in [0.25, 0.3) is 0 Å². The van der Waals surface area contributed by atoms with Crippen molar-refractivity contribution in [2.24, 2.45) is 5.84 Å². The quantitative estimate of drug-likeness (QED) is 0.623. The predicted octanol–water partition coefficient (Wildman–Crippen LogP) is 1.84. The fourth-order valence-electron chi connectivity index (χ4n) is 2.15. The van der Waals surface area contributed by atoms with E-state index in [0.717, 1.165) is 18.0 Å². The Morgan fingerprint density at radius 3 is 2.81 bits per heavy atom. The minimum Gasteiger partial charge on any atom is -0.496 e. The molecule has 0 radical (unpaired) electrons. The van der Waals surface area contributed by atoms with Gasteiger partial charge in [0.2, 0.25) is 0 Å². The molecule has 2 rings (SSSR count). The summed E-state index contributed by atoms with van der Waals surface area (Å²) in [5.41, 5.74) is 3.68. The van der Waals surface area contributed by atoms with Crippen LogP contribution in [-0.4, -0.2) is 30.2 Å². The lowest BCUT2D eigenvalue weighted by Crippen LogP contribution is -2.31. The van der Waals surface area contributed by atoms with E-state index in [1.165, 1.54) is 5.56 Å². The minimum absolute atomic E-state index is 0.239. The summed E-state index contributed by atoms with van der Waals surface area (Å²) >= 11 is 0. The molecule has 1 heterocycles. The van der Waals surface area contributed by atoms with Crippen molar-refractivity contribution < 1.29 is 4.74 Å². The van der Waals surface area contributed by atoms with Gasteiger partial charge in [-0.1, -0.05) is 18.2 Å². The second-order valence-corrected chi connectivity index (χ2v) is 4.88. The van der Waals surface area contributed by atoms with Gasteiger partial charge in [-0.3, -0.25) is 4.98 Å². The van der Waals surface area contributed by atoms with Gasteiger partial charge in [0.05, 0.1) is 19.5 Å². The number of likely N-dealkylation sites (N-methyl/N-ethyl adjacent to an activating group) is 1. The van der Waals surface area contributed by atoms with Crippen LogP contribution in [0, 0.1) is 0 Å². The molecule has 0 bridgehead atoms. The molecule has 1 atom stereocenters. The summed E-state index contributed by atoms with van der Waals surface area (Å²) < 4.78 is 5.40. The Morgan fingerprint density at radius 2 is 2.10 bits per heavy atom. The third kappa shape index (κ3) is 3.61. The summed E-state index contributed by atoms with van der Waals surface area (Å²) in [7, 11) is 3.68. The number of hydrogen-bond donors (Lipinski definition) is 2. The van der Waals surface area contributed by atoms with Crippen molar-refractivity contribution in [3.63, 3.8) is 0 Å². The number of nitrogens with one attached hydrogen (secondary N) is 1. The average Bonchev–Trinajstić information content (AvgIpc) is 2.54. The maximum Gasteiger partial charge on any atom is 0.160 e. The maximum absolute atomic E-state index is 5.40. The Morgan fingerprint density at radius 1 is 1.33 bits per heavy atom. The number of hydrazine groups is 1. The number of para-hydroxylation sites is 1. The van der Waals surface area contributed by atoms with Crippen LogP contribution in [0.2, 0.25) is 0 Å². The highest BCUT2D eigenvalue weighted by Gasteiger charge is 2.14. The van der Waals surface area contributed by atoms with Gasteiger partial charge >= 0.3 is 0 Å². The first-order valence-electron chi connectivity index (χ1n) is 6.79. The Balaban J connectivity index is 2.13. The molecular formula is C15H21N5O. The van der Waals surface area contributed by atoms with Gasteiger partial charge in [0.1, 0.15) is 11.6 Å². The lowest BCUT2D eigenvalue weighted by atomic mass is 10.1. The molecule has 1 aromatic heterocycles. The van der Waals surface area contributed by atoms with Crippen LogP contribution in [0.4, 0.5) is 11.6 Å². The summed E-state index contributed by atoms with van der Waals surface area (Å²) in [6.45, 7) is 2.14. The van der Waals surface area contributed by atoms with Crippen LogP contribution in [-0.2, 0) is 6.42 Å². The molecule has 0 spiro atoms. The molecule has 0 aliphatic rings. The summed E-state index contributed by atoms with van der Waals surface area (Å²) in [5.74, 6) is 7.59. The highest BCUT2D eigenvalue weighted by atomic mass is 16.5. The minimum atomic E-state index is 0.239. The SMILES string of the molecule is COc1ccccc1CC(C)N(C)c1cncc(NN)n1. The molecule has 112 valence electrons. The monoisotopic (exact) mass is 287 g/mol. The van der Waals surface area contributed by atoms with E-state index in [9.17, 15) is 0 Å². The summed E-state index contributed by atoms with van der Waals surface area (Å²) in [6, 6.07) is 8.28. The summed E-state index contributed by atoms with van der Waals surface area (Å²) in [4.78, 5) is 10.6. The number of nitrogens with two attached hydrogens (primary N) is 1. The Labute approximate surface area is 124 Å². The number of nitrogens with zero attached hydrogens (tertiary/aromatic N) is 3. The summed E-state index contributed by atoms with van der Waals surface area (Å²) in [6.07, 6.45) is 4.16. The van der Waals surface area contributed by atoms with Crippen molar-refractivity contribution in [2.75, 3.05) is 24.5 Å². The third-order valence-electron chi connectivity index (χ3n) is 3.50. The highest BCUT2D eigenvalue weighted by Crippen LogP contribution is 2.22. The number of anilines is 2. The molecule has 0 amide bonds. The second-order valence-electron chi connectivity index (χ2n) is 4.88. The predicted molar refractivity (Wildman–Crippen MR) is 84.4 cm³/mol. The Kier molecular flexibility index (Phi) is 4.94. The molecule has 1 aromatic carbocycles. The smallest absolute Gasteiger partial charge is 0.160 e. The number of methoxy groups -OCH3 is 1. The van der Waals surface area contributed by atoms with E-state index in [1.807, 2.05) is 25.2 Å². The van der Waals surface area contributed by atoms with Gasteiger partial charge in [-0.25, -0.2) is 10.8 Å². The van der Waals surface area contributed by atoms with E-state index in [2.05, 4.69) is 33.3 Å².